The Kier molecular flexibility index (Phi) is 6.24. The molecule has 0 aliphatic carbocycles. The van der Waals surface area contributed by atoms with E-state index in [1.54, 1.807) is 0 Å². The maximum Gasteiger partial charge on any atom is 0.234 e. The van der Waals surface area contributed by atoms with E-state index in [1.165, 1.54) is 0 Å². The van der Waals surface area contributed by atoms with Crippen LogP contribution in [-0.2, 0) is 4.79 Å². The van der Waals surface area contributed by atoms with E-state index in [4.69, 9.17) is 11.6 Å². The maximum atomic E-state index is 11.8. The third kappa shape index (κ3) is 4.97. The first kappa shape index (κ1) is 17.3. The summed E-state index contributed by atoms with van der Waals surface area (Å²) < 4.78 is 0. The monoisotopic (exact) mass is 324 g/mol. The van der Waals surface area contributed by atoms with E-state index in [1.807, 2.05) is 38.1 Å². The van der Waals surface area contributed by atoms with Crippen molar-refractivity contribution in [2.45, 2.75) is 38.8 Å². The van der Waals surface area contributed by atoms with E-state index >= 15 is 0 Å². The molecule has 1 aliphatic heterocycles. The molecule has 1 aromatic carbocycles. The van der Waals surface area contributed by atoms with Gasteiger partial charge in [-0.3, -0.25) is 9.69 Å². The lowest BCUT2D eigenvalue weighted by Gasteiger charge is -2.34. The van der Waals surface area contributed by atoms with E-state index < -0.39 is 6.10 Å². The number of nitrogens with zero attached hydrogens (tertiary/aromatic N) is 1. The smallest absolute Gasteiger partial charge is 0.234 e. The molecule has 4 nitrogen and oxygen atoms in total. The highest BCUT2D eigenvalue weighted by atomic mass is 35.5. The number of rotatable bonds is 5. The number of piperidine rings is 1. The minimum Gasteiger partial charge on any atom is -0.388 e. The van der Waals surface area contributed by atoms with Crippen molar-refractivity contribution in [3.05, 3.63) is 34.9 Å². The van der Waals surface area contributed by atoms with Crippen molar-refractivity contribution in [3.63, 3.8) is 0 Å². The van der Waals surface area contributed by atoms with Gasteiger partial charge in [-0.1, -0.05) is 23.7 Å². The Bertz CT molecular complexity index is 482. The van der Waals surface area contributed by atoms with Crippen LogP contribution in [0.25, 0.3) is 0 Å². The van der Waals surface area contributed by atoms with Crippen LogP contribution in [0.5, 0.6) is 0 Å². The van der Waals surface area contributed by atoms with Gasteiger partial charge in [0.25, 0.3) is 0 Å². The highest BCUT2D eigenvalue weighted by Crippen LogP contribution is 2.31. The van der Waals surface area contributed by atoms with Crippen LogP contribution >= 0.6 is 11.6 Å². The summed E-state index contributed by atoms with van der Waals surface area (Å²) in [5.41, 5.74) is 0.917. The van der Waals surface area contributed by atoms with Crippen molar-refractivity contribution in [2.24, 2.45) is 5.92 Å². The predicted octanol–water partition coefficient (Wildman–Crippen LogP) is 2.61. The second-order valence-electron chi connectivity index (χ2n) is 6.33. The average molecular weight is 325 g/mol. The minimum absolute atomic E-state index is 0.0756. The lowest BCUT2D eigenvalue weighted by molar-refractivity contribution is -0.123. The van der Waals surface area contributed by atoms with Crippen LogP contribution < -0.4 is 5.32 Å². The van der Waals surface area contributed by atoms with Crippen LogP contribution in [0.4, 0.5) is 0 Å². The zero-order chi connectivity index (χ0) is 16.1. The van der Waals surface area contributed by atoms with Crippen LogP contribution in [0.3, 0.4) is 0 Å². The second-order valence-corrected chi connectivity index (χ2v) is 6.77. The zero-order valence-electron chi connectivity index (χ0n) is 13.3. The molecule has 0 aromatic heterocycles. The average Bonchev–Trinajstić information content (AvgIpc) is 2.47. The summed E-state index contributed by atoms with van der Waals surface area (Å²) in [5, 5.41) is 14.1. The molecule has 1 amide bonds. The molecule has 0 radical (unpaired) electrons. The third-order valence-electron chi connectivity index (χ3n) is 4.11. The molecule has 1 aliphatic rings. The van der Waals surface area contributed by atoms with E-state index in [2.05, 4.69) is 10.2 Å². The number of amides is 1. The van der Waals surface area contributed by atoms with Gasteiger partial charge in [-0.2, -0.15) is 0 Å². The Morgan fingerprint density at radius 1 is 1.32 bits per heavy atom. The minimum atomic E-state index is -0.455. The predicted molar refractivity (Wildman–Crippen MR) is 88.9 cm³/mol. The van der Waals surface area contributed by atoms with E-state index in [9.17, 15) is 9.90 Å². The van der Waals surface area contributed by atoms with Crippen molar-refractivity contribution in [2.75, 3.05) is 19.6 Å². The molecule has 5 heteroatoms. The number of nitrogens with one attached hydrogen (secondary N) is 1. The van der Waals surface area contributed by atoms with Gasteiger partial charge in [0.1, 0.15) is 0 Å². The summed E-state index contributed by atoms with van der Waals surface area (Å²) in [7, 11) is 0. The molecule has 122 valence electrons. The standard InChI is InChI=1S/C17H25ClN2O2/c1-12(2)19-16(21)11-20-9-7-14(8-10-20)17(22)13-3-5-15(18)6-4-13/h3-6,12,14,17,22H,7-11H2,1-2H3,(H,19,21)/t17-/m1/s1. The first-order valence-electron chi connectivity index (χ1n) is 7.91. The number of halogens is 1. The SMILES string of the molecule is CC(C)NC(=O)CN1CCC([C@H](O)c2ccc(Cl)cc2)CC1. The number of hydrogen-bond donors (Lipinski definition) is 2. The largest absolute Gasteiger partial charge is 0.388 e. The van der Waals surface area contributed by atoms with Crippen LogP contribution in [0.1, 0.15) is 38.4 Å². The molecule has 0 saturated carbocycles. The Morgan fingerprint density at radius 3 is 2.45 bits per heavy atom. The molecule has 1 saturated heterocycles. The number of benzene rings is 1. The van der Waals surface area contributed by atoms with Gasteiger partial charge >= 0.3 is 0 Å². The summed E-state index contributed by atoms with van der Waals surface area (Å²) in [6.07, 6.45) is 1.35. The molecule has 22 heavy (non-hydrogen) atoms. The topological polar surface area (TPSA) is 52.6 Å². The summed E-state index contributed by atoms with van der Waals surface area (Å²) >= 11 is 5.88. The fraction of sp³-hybridized carbons (Fsp3) is 0.588. The first-order chi connectivity index (χ1) is 10.5. The third-order valence-corrected chi connectivity index (χ3v) is 4.36. The van der Waals surface area contributed by atoms with E-state index in [0.717, 1.165) is 31.5 Å². The molecule has 1 fully saturated rings. The Morgan fingerprint density at radius 2 is 1.91 bits per heavy atom. The number of aliphatic hydroxyl groups is 1. The maximum absolute atomic E-state index is 11.8. The fourth-order valence-corrected chi connectivity index (χ4v) is 3.06. The molecule has 2 N–H and O–H groups in total. The van der Waals surface area contributed by atoms with Crippen LogP contribution in [-0.4, -0.2) is 41.6 Å². The van der Waals surface area contributed by atoms with E-state index in [-0.39, 0.29) is 17.9 Å². The number of aliphatic hydroxyl groups excluding tert-OH is 1. The van der Waals surface area contributed by atoms with Crippen molar-refractivity contribution in [1.29, 1.82) is 0 Å². The normalized spacial score (nSPS) is 18.4. The van der Waals surface area contributed by atoms with Gasteiger partial charge in [0.15, 0.2) is 0 Å². The molecule has 0 unspecified atom stereocenters. The van der Waals surface area contributed by atoms with Crippen molar-refractivity contribution in [3.8, 4) is 0 Å². The zero-order valence-corrected chi connectivity index (χ0v) is 14.0. The quantitative estimate of drug-likeness (QED) is 0.875. The highest BCUT2D eigenvalue weighted by molar-refractivity contribution is 6.30. The van der Waals surface area contributed by atoms with Crippen LogP contribution in [0.2, 0.25) is 5.02 Å². The number of carbonyl (C=O) groups is 1. The van der Waals surface area contributed by atoms with Crippen molar-refractivity contribution >= 4 is 17.5 Å². The number of hydrogen-bond acceptors (Lipinski definition) is 3. The number of carbonyl (C=O) groups excluding carboxylic acids is 1. The van der Waals surface area contributed by atoms with Gasteiger partial charge in [0.2, 0.25) is 5.91 Å². The lowest BCUT2D eigenvalue weighted by Crippen LogP contribution is -2.43. The molecule has 0 bridgehead atoms. The summed E-state index contributed by atoms with van der Waals surface area (Å²) in [6.45, 7) is 6.07. The molecule has 1 atom stereocenters. The Balaban J connectivity index is 1.81. The van der Waals surface area contributed by atoms with Crippen molar-refractivity contribution in [1.82, 2.24) is 10.2 Å². The highest BCUT2D eigenvalue weighted by Gasteiger charge is 2.27. The van der Waals surface area contributed by atoms with E-state index in [0.29, 0.717) is 11.6 Å². The van der Waals surface area contributed by atoms with Crippen LogP contribution in [0, 0.1) is 5.92 Å². The molecule has 1 aromatic rings. The lowest BCUT2D eigenvalue weighted by atomic mass is 9.87. The summed E-state index contributed by atoms with van der Waals surface area (Å²) in [6, 6.07) is 7.57. The second kappa shape index (κ2) is 7.95. The van der Waals surface area contributed by atoms with Gasteiger partial charge in [-0.15, -0.1) is 0 Å². The van der Waals surface area contributed by atoms with Crippen LogP contribution in [0.15, 0.2) is 24.3 Å². The Hall–Kier alpha value is -1.10. The molecule has 1 heterocycles. The van der Waals surface area contributed by atoms with Gasteiger partial charge in [0, 0.05) is 11.1 Å². The summed E-state index contributed by atoms with van der Waals surface area (Å²) in [5.74, 6) is 0.317. The molecule has 2 rings (SSSR count). The van der Waals surface area contributed by atoms with Gasteiger partial charge in [0.05, 0.1) is 12.6 Å². The summed E-state index contributed by atoms with van der Waals surface area (Å²) in [4.78, 5) is 13.9. The number of likely N-dealkylation sites (tertiary alicyclic amines) is 1. The van der Waals surface area contributed by atoms with Gasteiger partial charge < -0.3 is 10.4 Å². The molecular formula is C17H25ClN2O2. The Labute approximate surface area is 137 Å². The fourth-order valence-electron chi connectivity index (χ4n) is 2.93. The molecular weight excluding hydrogens is 300 g/mol. The molecule has 0 spiro atoms. The van der Waals surface area contributed by atoms with Gasteiger partial charge in [-0.25, -0.2) is 0 Å². The first-order valence-corrected chi connectivity index (χ1v) is 8.28. The van der Waals surface area contributed by atoms with Gasteiger partial charge in [-0.05, 0) is 63.4 Å². The van der Waals surface area contributed by atoms with Crippen molar-refractivity contribution < 1.29 is 9.90 Å².